The second kappa shape index (κ2) is 6.05. The molecule has 1 aromatic heterocycles. The van der Waals surface area contributed by atoms with Gasteiger partial charge in [-0.1, -0.05) is 0 Å². The quantitative estimate of drug-likeness (QED) is 0.769. The van der Waals surface area contributed by atoms with Gasteiger partial charge in [0, 0.05) is 25.6 Å². The molecule has 20 heavy (non-hydrogen) atoms. The van der Waals surface area contributed by atoms with Crippen LogP contribution in [0, 0.1) is 0 Å². The van der Waals surface area contributed by atoms with Gasteiger partial charge in [-0.2, -0.15) is 0 Å². The Bertz CT molecular complexity index is 609. The summed E-state index contributed by atoms with van der Waals surface area (Å²) < 4.78 is 6.91. The lowest BCUT2D eigenvalue weighted by atomic mass is 10.1. The van der Waals surface area contributed by atoms with E-state index in [0.29, 0.717) is 30.0 Å². The number of nitrogens with one attached hydrogen (secondary N) is 1. The fourth-order valence-electron chi connectivity index (χ4n) is 1.78. The molecule has 0 saturated heterocycles. The van der Waals surface area contributed by atoms with E-state index in [1.54, 1.807) is 24.5 Å². The zero-order valence-corrected chi connectivity index (χ0v) is 11.5. The molecule has 7 heteroatoms. The summed E-state index contributed by atoms with van der Waals surface area (Å²) in [6.45, 7) is 0.484. The minimum Gasteiger partial charge on any atom is -0.495 e. The molecule has 0 saturated carbocycles. The summed E-state index contributed by atoms with van der Waals surface area (Å²) >= 11 is 0. The van der Waals surface area contributed by atoms with Crippen molar-refractivity contribution in [3.8, 4) is 5.75 Å². The van der Waals surface area contributed by atoms with Crippen LogP contribution in [0.5, 0.6) is 5.75 Å². The summed E-state index contributed by atoms with van der Waals surface area (Å²) in [6.07, 6.45) is 2.25. The zero-order valence-electron chi connectivity index (χ0n) is 11.5. The molecule has 1 aromatic carbocycles. The number of nitrogen functional groups attached to an aromatic ring is 1. The van der Waals surface area contributed by atoms with E-state index in [0.717, 1.165) is 5.82 Å². The number of ether oxygens (including phenoxy) is 1. The highest BCUT2D eigenvalue weighted by Crippen LogP contribution is 2.21. The molecule has 0 spiro atoms. The third-order valence-corrected chi connectivity index (χ3v) is 2.93. The van der Waals surface area contributed by atoms with Crippen LogP contribution in [0.1, 0.15) is 16.2 Å². The van der Waals surface area contributed by atoms with Crippen LogP contribution >= 0.6 is 0 Å². The molecule has 7 nitrogen and oxygen atoms in total. The van der Waals surface area contributed by atoms with Gasteiger partial charge >= 0.3 is 0 Å². The molecule has 0 radical (unpaired) electrons. The van der Waals surface area contributed by atoms with Gasteiger partial charge in [-0.25, -0.2) is 0 Å². The minimum atomic E-state index is -0.175. The molecule has 0 bridgehead atoms. The number of carbonyl (C=O) groups is 1. The fraction of sp³-hybridized carbons (Fsp3) is 0.308. The predicted molar refractivity (Wildman–Crippen MR) is 74.4 cm³/mol. The fourth-order valence-corrected chi connectivity index (χ4v) is 1.78. The van der Waals surface area contributed by atoms with Crippen molar-refractivity contribution in [2.45, 2.75) is 6.42 Å². The largest absolute Gasteiger partial charge is 0.495 e. The molecule has 1 amide bonds. The minimum absolute atomic E-state index is 0.175. The Morgan fingerprint density at radius 1 is 1.50 bits per heavy atom. The van der Waals surface area contributed by atoms with E-state index in [4.69, 9.17) is 10.5 Å². The molecule has 0 unspecified atom stereocenters. The van der Waals surface area contributed by atoms with Crippen molar-refractivity contribution in [3.05, 3.63) is 35.9 Å². The number of rotatable bonds is 5. The van der Waals surface area contributed by atoms with Crippen molar-refractivity contribution in [1.82, 2.24) is 20.1 Å². The summed E-state index contributed by atoms with van der Waals surface area (Å²) in [5.41, 5.74) is 6.72. The van der Waals surface area contributed by atoms with E-state index in [1.807, 2.05) is 11.6 Å². The van der Waals surface area contributed by atoms with Gasteiger partial charge in [0.15, 0.2) is 0 Å². The summed E-state index contributed by atoms with van der Waals surface area (Å²) in [4.78, 5) is 12.0. The van der Waals surface area contributed by atoms with E-state index in [1.165, 1.54) is 7.11 Å². The first-order valence-corrected chi connectivity index (χ1v) is 6.16. The van der Waals surface area contributed by atoms with Crippen molar-refractivity contribution in [2.24, 2.45) is 7.05 Å². The van der Waals surface area contributed by atoms with Crippen molar-refractivity contribution < 1.29 is 9.53 Å². The molecule has 3 N–H and O–H groups in total. The van der Waals surface area contributed by atoms with Gasteiger partial charge < -0.3 is 20.4 Å². The number of methoxy groups -OCH3 is 1. The van der Waals surface area contributed by atoms with Gasteiger partial charge in [0.1, 0.15) is 17.9 Å². The summed E-state index contributed by atoms with van der Waals surface area (Å²) in [7, 11) is 3.38. The summed E-state index contributed by atoms with van der Waals surface area (Å²) in [5, 5.41) is 10.5. The van der Waals surface area contributed by atoms with Crippen molar-refractivity contribution in [3.63, 3.8) is 0 Å². The van der Waals surface area contributed by atoms with Crippen LogP contribution < -0.4 is 15.8 Å². The van der Waals surface area contributed by atoms with Crippen molar-refractivity contribution in [2.75, 3.05) is 19.4 Å². The Balaban J connectivity index is 1.93. The van der Waals surface area contributed by atoms with Gasteiger partial charge in [0.25, 0.3) is 5.91 Å². The topological polar surface area (TPSA) is 95.1 Å². The first-order valence-electron chi connectivity index (χ1n) is 6.16. The van der Waals surface area contributed by atoms with E-state index in [-0.39, 0.29) is 5.91 Å². The predicted octanol–water partition coefficient (Wildman–Crippen LogP) is 0.378. The maximum atomic E-state index is 12.0. The van der Waals surface area contributed by atoms with Gasteiger partial charge in [0.2, 0.25) is 0 Å². The molecule has 1 heterocycles. The number of benzene rings is 1. The lowest BCUT2D eigenvalue weighted by Gasteiger charge is -2.08. The number of hydrogen-bond donors (Lipinski definition) is 2. The molecule has 0 aliphatic heterocycles. The number of hydrogen-bond acceptors (Lipinski definition) is 5. The van der Waals surface area contributed by atoms with E-state index in [2.05, 4.69) is 15.5 Å². The average molecular weight is 275 g/mol. The summed E-state index contributed by atoms with van der Waals surface area (Å²) in [5.74, 6) is 1.14. The van der Waals surface area contributed by atoms with Crippen LogP contribution in [0.15, 0.2) is 24.5 Å². The van der Waals surface area contributed by atoms with Crippen LogP contribution in [-0.4, -0.2) is 34.3 Å². The first kappa shape index (κ1) is 13.9. The normalized spacial score (nSPS) is 10.3. The molecular formula is C13H17N5O2. The Kier molecular flexibility index (Phi) is 4.19. The average Bonchev–Trinajstić information content (AvgIpc) is 2.85. The monoisotopic (exact) mass is 275 g/mol. The maximum Gasteiger partial charge on any atom is 0.251 e. The van der Waals surface area contributed by atoms with Crippen LogP contribution in [0.3, 0.4) is 0 Å². The summed E-state index contributed by atoms with van der Waals surface area (Å²) in [6, 6.07) is 4.93. The molecule has 0 fully saturated rings. The van der Waals surface area contributed by atoms with Gasteiger partial charge in [-0.05, 0) is 18.2 Å². The number of aromatic nitrogens is 3. The van der Waals surface area contributed by atoms with Crippen LogP contribution in [0.25, 0.3) is 0 Å². The highest BCUT2D eigenvalue weighted by atomic mass is 16.5. The van der Waals surface area contributed by atoms with Crippen molar-refractivity contribution >= 4 is 11.6 Å². The van der Waals surface area contributed by atoms with E-state index >= 15 is 0 Å². The third kappa shape index (κ3) is 3.05. The van der Waals surface area contributed by atoms with Gasteiger partial charge in [-0.3, -0.25) is 4.79 Å². The second-order valence-corrected chi connectivity index (χ2v) is 4.32. The Morgan fingerprint density at radius 2 is 2.30 bits per heavy atom. The molecule has 0 aliphatic rings. The Hall–Kier alpha value is -2.57. The Labute approximate surface area is 116 Å². The maximum absolute atomic E-state index is 12.0. The van der Waals surface area contributed by atoms with Gasteiger partial charge in [0.05, 0.1) is 12.8 Å². The third-order valence-electron chi connectivity index (χ3n) is 2.93. The molecule has 106 valence electrons. The molecule has 0 atom stereocenters. The highest BCUT2D eigenvalue weighted by Gasteiger charge is 2.09. The lowest BCUT2D eigenvalue weighted by molar-refractivity contribution is 0.0953. The zero-order chi connectivity index (χ0) is 14.5. The Morgan fingerprint density at radius 3 is 2.95 bits per heavy atom. The van der Waals surface area contributed by atoms with E-state index in [9.17, 15) is 4.79 Å². The smallest absolute Gasteiger partial charge is 0.251 e. The van der Waals surface area contributed by atoms with Crippen LogP contribution in [-0.2, 0) is 13.5 Å². The van der Waals surface area contributed by atoms with Crippen LogP contribution in [0.2, 0.25) is 0 Å². The number of amides is 1. The number of carbonyl (C=O) groups excluding carboxylic acids is 1. The number of nitrogens with two attached hydrogens (primary N) is 1. The number of aryl methyl sites for hydroxylation is 1. The SMILES string of the molecule is COc1cc(C(=O)NCCc2nncn2C)ccc1N. The molecule has 2 rings (SSSR count). The van der Waals surface area contributed by atoms with Crippen molar-refractivity contribution in [1.29, 1.82) is 0 Å². The second-order valence-electron chi connectivity index (χ2n) is 4.32. The number of nitrogens with zero attached hydrogens (tertiary/aromatic N) is 3. The molecular weight excluding hydrogens is 258 g/mol. The molecule has 0 aliphatic carbocycles. The number of anilines is 1. The molecule has 2 aromatic rings. The highest BCUT2D eigenvalue weighted by molar-refractivity contribution is 5.95. The van der Waals surface area contributed by atoms with E-state index < -0.39 is 0 Å². The lowest BCUT2D eigenvalue weighted by Crippen LogP contribution is -2.26. The standard InChI is InChI=1S/C13H17N5O2/c1-18-8-16-17-12(18)5-6-15-13(19)9-3-4-10(14)11(7-9)20-2/h3-4,7-8H,5-6,14H2,1-2H3,(H,15,19). The van der Waals surface area contributed by atoms with Gasteiger partial charge in [-0.15, -0.1) is 10.2 Å². The van der Waals surface area contributed by atoms with Crippen LogP contribution in [0.4, 0.5) is 5.69 Å². The first-order chi connectivity index (χ1) is 9.61.